The number of hydrogen-bond donors (Lipinski definition) is 0. The molecule has 110 valence electrons. The topological polar surface area (TPSA) is 48.7 Å². The van der Waals surface area contributed by atoms with Crippen LogP contribution in [-0.4, -0.2) is 7.11 Å². The Kier molecular flexibility index (Phi) is 3.66. The molecule has 0 amide bonds. The molecule has 3 aromatic rings. The maximum atomic E-state index is 12.0. The normalized spacial score (nSPS) is 10.4. The molecule has 0 radical (unpaired) electrons. The zero-order valence-corrected chi connectivity index (χ0v) is 12.0. The molecular formula is C18H14O4. The van der Waals surface area contributed by atoms with E-state index in [1.165, 1.54) is 6.07 Å². The average molecular weight is 294 g/mol. The van der Waals surface area contributed by atoms with E-state index in [-0.39, 0.29) is 11.4 Å². The van der Waals surface area contributed by atoms with Crippen molar-refractivity contribution in [3.8, 4) is 11.7 Å². The first-order valence-corrected chi connectivity index (χ1v) is 6.71. The Bertz CT molecular complexity index is 875. The van der Waals surface area contributed by atoms with Crippen molar-refractivity contribution in [2.45, 2.75) is 0 Å². The van der Waals surface area contributed by atoms with Gasteiger partial charge in [0, 0.05) is 5.56 Å². The summed E-state index contributed by atoms with van der Waals surface area (Å²) in [6, 6.07) is 15.6. The molecular weight excluding hydrogens is 280 g/mol. The van der Waals surface area contributed by atoms with Gasteiger partial charge in [0.1, 0.15) is 17.1 Å². The van der Waals surface area contributed by atoms with Gasteiger partial charge in [0.15, 0.2) is 5.43 Å². The first kappa shape index (κ1) is 13.9. The van der Waals surface area contributed by atoms with Crippen LogP contribution < -0.4 is 14.9 Å². The Balaban J connectivity index is 1.88. The van der Waals surface area contributed by atoms with Crippen molar-refractivity contribution >= 4 is 16.7 Å². The number of hydrogen-bond acceptors (Lipinski definition) is 4. The van der Waals surface area contributed by atoms with E-state index in [2.05, 4.69) is 6.58 Å². The monoisotopic (exact) mass is 294 g/mol. The minimum atomic E-state index is -0.153. The van der Waals surface area contributed by atoms with E-state index in [1.54, 1.807) is 43.5 Å². The lowest BCUT2D eigenvalue weighted by Gasteiger charge is -2.09. The SMILES string of the molecule is C=C(Oc1cc(=O)c2ccccc2o1)c1ccc(OC)cc1. The highest BCUT2D eigenvalue weighted by Gasteiger charge is 2.08. The largest absolute Gasteiger partial charge is 0.497 e. The van der Waals surface area contributed by atoms with Crippen LogP contribution in [0.3, 0.4) is 0 Å². The second-order valence-corrected chi connectivity index (χ2v) is 4.68. The molecule has 0 saturated carbocycles. The number of ether oxygens (including phenoxy) is 2. The van der Waals surface area contributed by atoms with E-state index in [0.717, 1.165) is 11.3 Å². The van der Waals surface area contributed by atoms with Crippen molar-refractivity contribution in [3.05, 3.63) is 77.0 Å². The summed E-state index contributed by atoms with van der Waals surface area (Å²) in [4.78, 5) is 12.0. The number of benzene rings is 2. The van der Waals surface area contributed by atoms with Gasteiger partial charge in [-0.15, -0.1) is 0 Å². The Labute approximate surface area is 127 Å². The number of para-hydroxylation sites is 1. The highest BCUT2D eigenvalue weighted by atomic mass is 16.6. The lowest BCUT2D eigenvalue weighted by Crippen LogP contribution is -2.02. The Morgan fingerprint density at radius 3 is 2.55 bits per heavy atom. The number of rotatable bonds is 4. The summed E-state index contributed by atoms with van der Waals surface area (Å²) in [5.41, 5.74) is 1.10. The molecule has 0 bridgehead atoms. The van der Waals surface area contributed by atoms with Gasteiger partial charge in [-0.25, -0.2) is 0 Å². The van der Waals surface area contributed by atoms with Gasteiger partial charge in [-0.1, -0.05) is 18.7 Å². The fourth-order valence-corrected chi connectivity index (χ4v) is 2.09. The van der Waals surface area contributed by atoms with Crippen LogP contribution in [0.1, 0.15) is 5.56 Å². The third-order valence-corrected chi connectivity index (χ3v) is 3.25. The predicted octanol–water partition coefficient (Wildman–Crippen LogP) is 3.85. The maximum Gasteiger partial charge on any atom is 0.294 e. The number of methoxy groups -OCH3 is 1. The number of fused-ring (bicyclic) bond motifs is 1. The predicted molar refractivity (Wildman–Crippen MR) is 85.1 cm³/mol. The third-order valence-electron chi connectivity index (χ3n) is 3.25. The van der Waals surface area contributed by atoms with Crippen molar-refractivity contribution in [1.29, 1.82) is 0 Å². The van der Waals surface area contributed by atoms with E-state index < -0.39 is 0 Å². The fourth-order valence-electron chi connectivity index (χ4n) is 2.09. The van der Waals surface area contributed by atoms with Gasteiger partial charge >= 0.3 is 0 Å². The van der Waals surface area contributed by atoms with Crippen LogP contribution in [-0.2, 0) is 0 Å². The van der Waals surface area contributed by atoms with E-state index in [4.69, 9.17) is 13.9 Å². The first-order valence-electron chi connectivity index (χ1n) is 6.71. The highest BCUT2D eigenvalue weighted by Crippen LogP contribution is 2.23. The van der Waals surface area contributed by atoms with Crippen LogP contribution in [0.15, 0.2) is 70.4 Å². The van der Waals surface area contributed by atoms with Crippen LogP contribution in [0.5, 0.6) is 11.7 Å². The molecule has 1 aromatic heterocycles. The molecule has 22 heavy (non-hydrogen) atoms. The van der Waals surface area contributed by atoms with Crippen molar-refractivity contribution in [3.63, 3.8) is 0 Å². The Morgan fingerprint density at radius 1 is 1.09 bits per heavy atom. The summed E-state index contributed by atoms with van der Waals surface area (Å²) in [6.07, 6.45) is 0. The van der Waals surface area contributed by atoms with E-state index in [9.17, 15) is 4.79 Å². The summed E-state index contributed by atoms with van der Waals surface area (Å²) in [5, 5.41) is 0.518. The highest BCUT2D eigenvalue weighted by molar-refractivity contribution is 5.76. The molecule has 0 aliphatic heterocycles. The van der Waals surface area contributed by atoms with Crippen molar-refractivity contribution in [2.75, 3.05) is 7.11 Å². The summed E-state index contributed by atoms with van der Waals surface area (Å²) in [7, 11) is 1.60. The molecule has 0 unspecified atom stereocenters. The van der Waals surface area contributed by atoms with Gasteiger partial charge in [-0.05, 0) is 36.4 Å². The van der Waals surface area contributed by atoms with Gasteiger partial charge in [0.2, 0.25) is 0 Å². The van der Waals surface area contributed by atoms with Gasteiger partial charge in [0.05, 0.1) is 18.6 Å². The quantitative estimate of drug-likeness (QED) is 0.686. The molecule has 3 rings (SSSR count). The van der Waals surface area contributed by atoms with Crippen molar-refractivity contribution in [2.24, 2.45) is 0 Å². The summed E-state index contributed by atoms with van der Waals surface area (Å²) < 4.78 is 16.2. The molecule has 1 heterocycles. The fraction of sp³-hybridized carbons (Fsp3) is 0.0556. The molecule has 0 atom stereocenters. The van der Waals surface area contributed by atoms with Crippen molar-refractivity contribution in [1.82, 2.24) is 0 Å². The van der Waals surface area contributed by atoms with E-state index in [0.29, 0.717) is 16.7 Å². The van der Waals surface area contributed by atoms with Crippen LogP contribution >= 0.6 is 0 Å². The summed E-state index contributed by atoms with van der Waals surface area (Å²) >= 11 is 0. The minimum Gasteiger partial charge on any atom is -0.497 e. The third kappa shape index (κ3) is 2.72. The molecule has 0 fully saturated rings. The molecule has 2 aromatic carbocycles. The molecule has 0 aliphatic rings. The minimum absolute atomic E-state index is 0.115. The summed E-state index contributed by atoms with van der Waals surface area (Å²) in [5.74, 6) is 1.25. The summed E-state index contributed by atoms with van der Waals surface area (Å²) in [6.45, 7) is 3.86. The zero-order valence-electron chi connectivity index (χ0n) is 12.0. The lowest BCUT2D eigenvalue weighted by atomic mass is 10.2. The second kappa shape index (κ2) is 5.77. The van der Waals surface area contributed by atoms with Crippen LogP contribution in [0.25, 0.3) is 16.7 Å². The van der Waals surface area contributed by atoms with Crippen LogP contribution in [0.4, 0.5) is 0 Å². The van der Waals surface area contributed by atoms with E-state index in [1.807, 2.05) is 12.1 Å². The molecule has 0 saturated heterocycles. The van der Waals surface area contributed by atoms with Crippen LogP contribution in [0.2, 0.25) is 0 Å². The Morgan fingerprint density at radius 2 is 1.82 bits per heavy atom. The first-order chi connectivity index (χ1) is 10.7. The lowest BCUT2D eigenvalue weighted by molar-refractivity contribution is 0.373. The van der Waals surface area contributed by atoms with Gasteiger partial charge in [-0.3, -0.25) is 4.79 Å². The maximum absolute atomic E-state index is 12.0. The molecule has 0 N–H and O–H groups in total. The molecule has 0 aliphatic carbocycles. The van der Waals surface area contributed by atoms with E-state index >= 15 is 0 Å². The van der Waals surface area contributed by atoms with Gasteiger partial charge in [0.25, 0.3) is 5.95 Å². The zero-order chi connectivity index (χ0) is 15.5. The molecule has 0 spiro atoms. The van der Waals surface area contributed by atoms with Crippen molar-refractivity contribution < 1.29 is 13.9 Å². The standard InChI is InChI=1S/C18H14O4/c1-12(13-7-9-14(20-2)10-8-13)21-18-11-16(19)15-5-3-4-6-17(15)22-18/h3-11H,1H2,2H3. The average Bonchev–Trinajstić information content (AvgIpc) is 2.55. The van der Waals surface area contributed by atoms with Gasteiger partial charge in [-0.2, -0.15) is 0 Å². The smallest absolute Gasteiger partial charge is 0.294 e. The second-order valence-electron chi connectivity index (χ2n) is 4.68. The van der Waals surface area contributed by atoms with Crippen LogP contribution in [0, 0.1) is 0 Å². The molecule has 4 heteroatoms. The van der Waals surface area contributed by atoms with Gasteiger partial charge < -0.3 is 13.9 Å². The molecule has 4 nitrogen and oxygen atoms in total. The Hall–Kier alpha value is -3.01.